The van der Waals surface area contributed by atoms with Crippen LogP contribution in [0.15, 0.2) is 48.5 Å². The summed E-state index contributed by atoms with van der Waals surface area (Å²) in [6.45, 7) is -3.30. The first-order valence-electron chi connectivity index (χ1n) is 7.59. The van der Waals surface area contributed by atoms with Crippen LogP contribution in [0.25, 0.3) is 11.0 Å². The number of nitro benzene ring substituents is 1. The highest BCUT2D eigenvalue weighted by molar-refractivity contribution is 5.76. The minimum atomic E-state index is -2.84. The number of hydrogen-bond donors (Lipinski definition) is 0. The van der Waals surface area contributed by atoms with Gasteiger partial charge in [0.1, 0.15) is 6.61 Å². The van der Waals surface area contributed by atoms with Crippen molar-refractivity contribution < 1.29 is 23.2 Å². The van der Waals surface area contributed by atoms with Gasteiger partial charge in [0.05, 0.1) is 22.4 Å². The second-order valence-corrected chi connectivity index (χ2v) is 5.39. The molecule has 0 fully saturated rings. The lowest BCUT2D eigenvalue weighted by molar-refractivity contribution is -0.385. The van der Waals surface area contributed by atoms with Crippen LogP contribution in [-0.4, -0.2) is 20.4 Å². The van der Waals surface area contributed by atoms with Crippen LogP contribution in [0.4, 0.5) is 14.5 Å². The number of alkyl halides is 2. The molecule has 9 heteroatoms. The Labute approximate surface area is 146 Å². The van der Waals surface area contributed by atoms with Crippen molar-refractivity contribution in [3.05, 3.63) is 70.0 Å². The Morgan fingerprint density at radius 2 is 1.88 bits per heavy atom. The van der Waals surface area contributed by atoms with Crippen LogP contribution >= 0.6 is 0 Å². The van der Waals surface area contributed by atoms with E-state index >= 15 is 0 Å². The summed E-state index contributed by atoms with van der Waals surface area (Å²) in [7, 11) is 0. The number of rotatable bonds is 6. The molecule has 0 atom stereocenters. The highest BCUT2D eigenvalue weighted by Gasteiger charge is 2.20. The number of nitrogens with zero attached hydrogens (tertiary/aromatic N) is 3. The third-order valence-corrected chi connectivity index (χ3v) is 3.75. The number of carbonyl (C=O) groups is 1. The van der Waals surface area contributed by atoms with E-state index in [1.54, 1.807) is 24.3 Å². The molecule has 0 unspecified atom stereocenters. The number of halogens is 2. The minimum Gasteiger partial charge on any atom is -0.457 e. The monoisotopic (exact) mass is 361 g/mol. The maximum absolute atomic E-state index is 13.3. The molecule has 0 aliphatic rings. The molecule has 1 heterocycles. The highest BCUT2D eigenvalue weighted by atomic mass is 19.3. The summed E-state index contributed by atoms with van der Waals surface area (Å²) in [6.07, 6.45) is -0.341. The maximum Gasteiger partial charge on any atom is 0.320 e. The standard InChI is InChI=1S/C17H13F2N3O4/c18-17(19)21-14-8-4-2-6-12(14)20-15(21)10-26-16(23)9-11-5-1-3-7-13(11)22(24)25/h1-8,17H,9-10H2. The number of imidazole rings is 1. The minimum absolute atomic E-state index is 0.0999. The lowest BCUT2D eigenvalue weighted by atomic mass is 10.1. The van der Waals surface area contributed by atoms with E-state index in [2.05, 4.69) is 4.98 Å². The molecule has 0 saturated heterocycles. The van der Waals surface area contributed by atoms with Crippen LogP contribution in [0, 0.1) is 10.1 Å². The van der Waals surface area contributed by atoms with Crippen LogP contribution in [0.5, 0.6) is 0 Å². The topological polar surface area (TPSA) is 87.3 Å². The molecule has 7 nitrogen and oxygen atoms in total. The molecule has 3 rings (SSSR count). The van der Waals surface area contributed by atoms with E-state index in [0.717, 1.165) is 0 Å². The second-order valence-electron chi connectivity index (χ2n) is 5.39. The predicted octanol–water partition coefficient (Wildman–Crippen LogP) is 3.63. The number of para-hydroxylation sites is 3. The second kappa shape index (κ2) is 7.26. The molecule has 0 amide bonds. The number of carbonyl (C=O) groups excluding carboxylic acids is 1. The number of hydrogen-bond acceptors (Lipinski definition) is 5. The zero-order valence-electron chi connectivity index (χ0n) is 13.3. The van der Waals surface area contributed by atoms with E-state index in [1.807, 2.05) is 0 Å². The van der Waals surface area contributed by atoms with Crippen molar-refractivity contribution >= 4 is 22.7 Å². The first-order chi connectivity index (χ1) is 12.5. The zero-order chi connectivity index (χ0) is 18.7. The van der Waals surface area contributed by atoms with Crippen molar-refractivity contribution in [3.8, 4) is 0 Å². The van der Waals surface area contributed by atoms with Gasteiger partial charge in [-0.1, -0.05) is 30.3 Å². The van der Waals surface area contributed by atoms with Gasteiger partial charge in [0.25, 0.3) is 5.69 Å². The summed E-state index contributed by atoms with van der Waals surface area (Å²) in [6, 6.07) is 12.1. The first kappa shape index (κ1) is 17.5. The Balaban J connectivity index is 1.75. The van der Waals surface area contributed by atoms with E-state index < -0.39 is 24.0 Å². The fourth-order valence-electron chi connectivity index (χ4n) is 2.60. The zero-order valence-corrected chi connectivity index (χ0v) is 13.3. The van der Waals surface area contributed by atoms with Crippen LogP contribution in [0.2, 0.25) is 0 Å². The fourth-order valence-corrected chi connectivity index (χ4v) is 2.60. The van der Waals surface area contributed by atoms with Gasteiger partial charge in [-0.2, -0.15) is 8.78 Å². The van der Waals surface area contributed by atoms with Crippen molar-refractivity contribution in [1.82, 2.24) is 9.55 Å². The molecule has 0 spiro atoms. The lowest BCUT2D eigenvalue weighted by Crippen LogP contribution is -2.12. The summed E-state index contributed by atoms with van der Waals surface area (Å²) in [5.41, 5.74) is 0.568. The third-order valence-electron chi connectivity index (χ3n) is 3.75. The maximum atomic E-state index is 13.3. The Hall–Kier alpha value is -3.36. The normalized spacial score (nSPS) is 11.0. The van der Waals surface area contributed by atoms with Gasteiger partial charge >= 0.3 is 12.5 Å². The van der Waals surface area contributed by atoms with Crippen LogP contribution in [-0.2, 0) is 22.6 Å². The van der Waals surface area contributed by atoms with E-state index in [9.17, 15) is 23.7 Å². The summed E-state index contributed by atoms with van der Waals surface area (Å²) in [4.78, 5) is 26.4. The van der Waals surface area contributed by atoms with Crippen molar-refractivity contribution in [2.75, 3.05) is 0 Å². The summed E-state index contributed by atoms with van der Waals surface area (Å²) in [5.74, 6) is -0.871. The van der Waals surface area contributed by atoms with Crippen LogP contribution in [0.3, 0.4) is 0 Å². The lowest BCUT2D eigenvalue weighted by Gasteiger charge is -2.08. The van der Waals surface area contributed by atoms with Crippen LogP contribution in [0.1, 0.15) is 17.9 Å². The van der Waals surface area contributed by atoms with Crippen molar-refractivity contribution in [2.24, 2.45) is 0 Å². The summed E-state index contributed by atoms with van der Waals surface area (Å²) < 4.78 is 32.3. The largest absolute Gasteiger partial charge is 0.457 e. The van der Waals surface area contributed by atoms with E-state index in [-0.39, 0.29) is 29.0 Å². The van der Waals surface area contributed by atoms with Gasteiger partial charge in [0, 0.05) is 11.6 Å². The average molecular weight is 361 g/mol. The first-order valence-corrected chi connectivity index (χ1v) is 7.59. The van der Waals surface area contributed by atoms with Crippen molar-refractivity contribution in [3.63, 3.8) is 0 Å². The van der Waals surface area contributed by atoms with Crippen molar-refractivity contribution in [1.29, 1.82) is 0 Å². The molecule has 1 aromatic heterocycles. The molecule has 26 heavy (non-hydrogen) atoms. The molecule has 0 aliphatic carbocycles. The molecular weight excluding hydrogens is 348 g/mol. The van der Waals surface area contributed by atoms with Gasteiger partial charge < -0.3 is 4.74 Å². The Kier molecular flexibility index (Phi) is 4.87. The highest BCUT2D eigenvalue weighted by Crippen LogP contribution is 2.24. The summed E-state index contributed by atoms with van der Waals surface area (Å²) in [5, 5.41) is 11.0. The average Bonchev–Trinajstić information content (AvgIpc) is 2.99. The SMILES string of the molecule is O=C(Cc1ccccc1[N+](=O)[O-])OCc1nc2ccccc2n1C(F)F. The molecular formula is C17H13F2N3O4. The van der Waals surface area contributed by atoms with Gasteiger partial charge in [-0.3, -0.25) is 19.5 Å². The number of aromatic nitrogens is 2. The molecule has 0 radical (unpaired) electrons. The molecule has 0 aliphatic heterocycles. The quantitative estimate of drug-likeness (QED) is 0.380. The van der Waals surface area contributed by atoms with E-state index in [4.69, 9.17) is 4.74 Å². The van der Waals surface area contributed by atoms with Gasteiger partial charge in [-0.15, -0.1) is 0 Å². The van der Waals surface area contributed by atoms with E-state index in [0.29, 0.717) is 10.1 Å². The smallest absolute Gasteiger partial charge is 0.320 e. The van der Waals surface area contributed by atoms with Gasteiger partial charge in [0.15, 0.2) is 5.82 Å². The Morgan fingerprint density at radius 1 is 1.19 bits per heavy atom. The number of fused-ring (bicyclic) bond motifs is 1. The molecule has 0 saturated carbocycles. The van der Waals surface area contributed by atoms with Gasteiger partial charge in [-0.05, 0) is 12.1 Å². The predicted molar refractivity (Wildman–Crippen MR) is 87.6 cm³/mol. The van der Waals surface area contributed by atoms with Gasteiger partial charge in [-0.25, -0.2) is 4.98 Å². The molecule has 134 valence electrons. The molecule has 2 aromatic carbocycles. The Morgan fingerprint density at radius 3 is 2.62 bits per heavy atom. The summed E-state index contributed by atoms with van der Waals surface area (Å²) >= 11 is 0. The third kappa shape index (κ3) is 3.51. The number of ether oxygens (including phenoxy) is 1. The number of benzene rings is 2. The molecule has 0 bridgehead atoms. The van der Waals surface area contributed by atoms with Gasteiger partial charge in [0.2, 0.25) is 0 Å². The number of nitro groups is 1. The molecule has 3 aromatic rings. The molecule has 0 N–H and O–H groups in total. The van der Waals surface area contributed by atoms with Crippen molar-refractivity contribution in [2.45, 2.75) is 19.6 Å². The number of esters is 1. The van der Waals surface area contributed by atoms with E-state index in [1.165, 1.54) is 24.3 Å². The van der Waals surface area contributed by atoms with Crippen LogP contribution < -0.4 is 0 Å². The fraction of sp³-hybridized carbons (Fsp3) is 0.176. The Bertz CT molecular complexity index is 972.